The van der Waals surface area contributed by atoms with Crippen molar-refractivity contribution >= 4 is 0 Å². The minimum atomic E-state index is 0. The molecule has 0 saturated carbocycles. The van der Waals surface area contributed by atoms with Crippen LogP contribution in [0.4, 0.5) is 0 Å². The van der Waals surface area contributed by atoms with Crippen LogP contribution < -0.4 is 0 Å². The van der Waals surface area contributed by atoms with Crippen LogP contribution >= 0.6 is 0 Å². The van der Waals surface area contributed by atoms with Crippen molar-refractivity contribution in [1.82, 2.24) is 0 Å². The Morgan fingerprint density at radius 2 is 1.04 bits per heavy atom. The van der Waals surface area contributed by atoms with Crippen LogP contribution in [-0.4, -0.2) is 0 Å². The van der Waals surface area contributed by atoms with Crippen molar-refractivity contribution in [2.24, 2.45) is 0 Å². The molecule has 23 heavy (non-hydrogen) atoms. The van der Waals surface area contributed by atoms with Crippen molar-refractivity contribution in [3.63, 3.8) is 0 Å². The van der Waals surface area contributed by atoms with Gasteiger partial charge in [0.15, 0.2) is 0 Å². The fourth-order valence-electron chi connectivity index (χ4n) is 2.29. The van der Waals surface area contributed by atoms with Gasteiger partial charge in [-0.25, -0.2) is 0 Å². The average Bonchev–Trinajstić information content (AvgIpc) is 2.48. The number of hydrogen-bond acceptors (Lipinski definition) is 0. The van der Waals surface area contributed by atoms with Gasteiger partial charge in [-0.1, -0.05) is 65.3 Å². The molecule has 0 nitrogen and oxygen atoms in total. The van der Waals surface area contributed by atoms with Gasteiger partial charge in [0.05, 0.1) is 0 Å². The van der Waals surface area contributed by atoms with Crippen molar-refractivity contribution in [3.8, 4) is 0 Å². The molecule has 0 aliphatic carbocycles. The van der Waals surface area contributed by atoms with E-state index in [-0.39, 0.29) is 32.7 Å². The molecule has 123 valence electrons. The molecule has 0 aliphatic heterocycles. The molecular weight excluding hydrogens is 353 g/mol. The van der Waals surface area contributed by atoms with Crippen molar-refractivity contribution < 1.29 is 32.7 Å². The van der Waals surface area contributed by atoms with Crippen molar-refractivity contribution in [2.75, 3.05) is 0 Å². The van der Waals surface area contributed by atoms with Crippen molar-refractivity contribution in [3.05, 3.63) is 70.8 Å². The minimum Gasteiger partial charge on any atom is -0.184 e. The summed E-state index contributed by atoms with van der Waals surface area (Å²) in [6.07, 6.45) is 0. The summed E-state index contributed by atoms with van der Waals surface area (Å²) >= 11 is 0. The van der Waals surface area contributed by atoms with Gasteiger partial charge in [0.1, 0.15) is 0 Å². The summed E-state index contributed by atoms with van der Waals surface area (Å²) in [5, 5.41) is 0. The zero-order chi connectivity index (χ0) is 16.7. The van der Waals surface area contributed by atoms with Gasteiger partial charge in [0, 0.05) is 32.7 Å². The molecule has 0 aliphatic rings. The third kappa shape index (κ3) is 8.27. The van der Waals surface area contributed by atoms with Crippen LogP contribution in [0.5, 0.6) is 0 Å². The fourth-order valence-corrected chi connectivity index (χ4v) is 2.29. The summed E-state index contributed by atoms with van der Waals surface area (Å²) < 4.78 is 0. The van der Waals surface area contributed by atoms with E-state index in [9.17, 15) is 0 Å². The van der Waals surface area contributed by atoms with Crippen LogP contribution in [0.25, 0.3) is 0 Å². The Hall–Kier alpha value is -0.456. The molecule has 0 atom stereocenters. The molecule has 0 aromatic heterocycles. The Labute approximate surface area is 169 Å². The molecular formula is C22H31Y-. The van der Waals surface area contributed by atoms with Gasteiger partial charge in [0.25, 0.3) is 0 Å². The fraction of sp³-hybridized carbons (Fsp3) is 0.455. The molecule has 2 aromatic rings. The minimum absolute atomic E-state index is 0. The molecule has 0 fully saturated rings. The summed E-state index contributed by atoms with van der Waals surface area (Å²) in [5.74, 6) is 1.91. The monoisotopic (exact) mass is 384 g/mol. The van der Waals surface area contributed by atoms with Gasteiger partial charge in [0.2, 0.25) is 0 Å². The van der Waals surface area contributed by atoms with E-state index in [0.29, 0.717) is 17.8 Å². The molecule has 2 aromatic carbocycles. The summed E-state index contributed by atoms with van der Waals surface area (Å²) in [4.78, 5) is 0. The normalized spacial score (nSPS) is 10.3. The summed E-state index contributed by atoms with van der Waals surface area (Å²) in [6.45, 7) is 15.6. The van der Waals surface area contributed by atoms with E-state index in [1.807, 2.05) is 12.1 Å². The van der Waals surface area contributed by atoms with Gasteiger partial charge >= 0.3 is 0 Å². The topological polar surface area (TPSA) is 0 Å². The Kier molecular flexibility index (Phi) is 10.9. The Morgan fingerprint density at radius 3 is 1.35 bits per heavy atom. The van der Waals surface area contributed by atoms with Crippen LogP contribution in [0.15, 0.2) is 42.5 Å². The maximum atomic E-state index is 2.99. The quantitative estimate of drug-likeness (QED) is 0.508. The van der Waals surface area contributed by atoms with Gasteiger partial charge in [-0.2, -0.15) is 35.9 Å². The largest absolute Gasteiger partial charge is 0.184 e. The number of benzene rings is 2. The maximum absolute atomic E-state index is 2.99. The average molecular weight is 384 g/mol. The summed E-state index contributed by atoms with van der Waals surface area (Å²) in [5.41, 5.74) is 5.69. The summed E-state index contributed by atoms with van der Waals surface area (Å²) in [7, 11) is 0. The van der Waals surface area contributed by atoms with Crippen LogP contribution in [0.1, 0.15) is 81.5 Å². The Bertz CT molecular complexity index is 527. The van der Waals surface area contributed by atoms with Gasteiger partial charge in [-0.15, -0.1) is 0 Å². The first-order valence-corrected chi connectivity index (χ1v) is 8.38. The molecule has 1 heteroatoms. The third-order valence-electron chi connectivity index (χ3n) is 3.87. The second-order valence-electron chi connectivity index (χ2n) is 6.97. The SMILES string of the molecule is CC(C)c1cc[c-]cc1.Cc1cc(C(C)C)cc(C(C)C)c1.[Y]. The smallest absolute Gasteiger partial charge is 0 e. The molecule has 0 N–H and O–H groups in total. The molecule has 0 bridgehead atoms. The van der Waals surface area contributed by atoms with E-state index in [0.717, 1.165) is 0 Å². The Morgan fingerprint density at radius 1 is 0.652 bits per heavy atom. The summed E-state index contributed by atoms with van der Waals surface area (Å²) in [6, 6.07) is 18.0. The van der Waals surface area contributed by atoms with Crippen molar-refractivity contribution in [2.45, 2.75) is 66.2 Å². The van der Waals surface area contributed by atoms with E-state index >= 15 is 0 Å². The van der Waals surface area contributed by atoms with E-state index < -0.39 is 0 Å². The van der Waals surface area contributed by atoms with Crippen LogP contribution in [0.2, 0.25) is 0 Å². The number of rotatable bonds is 3. The van der Waals surface area contributed by atoms with E-state index in [1.54, 1.807) is 0 Å². The predicted molar refractivity (Wildman–Crippen MR) is 98.7 cm³/mol. The molecule has 0 unspecified atom stereocenters. The molecule has 0 heterocycles. The molecule has 0 spiro atoms. The van der Waals surface area contributed by atoms with Crippen LogP contribution in [0, 0.1) is 13.0 Å². The zero-order valence-electron chi connectivity index (χ0n) is 15.9. The Balaban J connectivity index is 0.000000427. The third-order valence-corrected chi connectivity index (χ3v) is 3.87. The predicted octanol–water partition coefficient (Wildman–Crippen LogP) is 6.85. The standard InChI is InChI=1S/C13H20.C9H11.Y/c1-9(2)12-6-11(5)7-13(8-12)10(3)4;1-8(2)9-6-4-3-5-7-9;/h6-10H,1-5H3;4-8H,1-2H3;/q;-1;. The van der Waals surface area contributed by atoms with Crippen LogP contribution in [-0.2, 0) is 32.7 Å². The van der Waals surface area contributed by atoms with E-state index in [4.69, 9.17) is 0 Å². The van der Waals surface area contributed by atoms with Gasteiger partial charge < -0.3 is 0 Å². The number of hydrogen-bond donors (Lipinski definition) is 0. The zero-order valence-corrected chi connectivity index (χ0v) is 18.7. The molecule has 0 amide bonds. The van der Waals surface area contributed by atoms with Gasteiger partial charge in [-0.3, -0.25) is 0 Å². The molecule has 0 saturated heterocycles. The van der Waals surface area contributed by atoms with Crippen molar-refractivity contribution in [1.29, 1.82) is 0 Å². The van der Waals surface area contributed by atoms with E-state index in [2.05, 4.69) is 84.9 Å². The van der Waals surface area contributed by atoms with Crippen LogP contribution in [0.3, 0.4) is 0 Å². The van der Waals surface area contributed by atoms with Gasteiger partial charge in [-0.05, 0) is 35.8 Å². The van der Waals surface area contributed by atoms with E-state index in [1.165, 1.54) is 22.3 Å². The first-order valence-electron chi connectivity index (χ1n) is 8.38. The molecule has 1 radical (unpaired) electrons. The maximum Gasteiger partial charge on any atom is 0 e. The number of aryl methyl sites for hydroxylation is 1. The first-order chi connectivity index (χ1) is 10.3. The second-order valence-corrected chi connectivity index (χ2v) is 6.97. The second kappa shape index (κ2) is 11.2. The first kappa shape index (κ1) is 22.5. The molecule has 2 rings (SSSR count).